The van der Waals surface area contributed by atoms with Gasteiger partial charge in [0.1, 0.15) is 0 Å². The Hall–Kier alpha value is -3.58. The van der Waals surface area contributed by atoms with Crippen LogP contribution in [-0.4, -0.2) is 66.8 Å². The molecule has 1 aliphatic heterocycles. The number of imidazole rings is 1. The van der Waals surface area contributed by atoms with Gasteiger partial charge in [-0.25, -0.2) is 14.3 Å². The molecule has 14 heteroatoms. The standard InChI is InChI=1S/C23H24ClF3N6O4/c1-3-8-32-20(34)17-19(31(4-2)21(32)35)29-18(33(17)22(36)37-13-24)15-10-28-30(12-15)11-14-6-5-7-16(9-14)23(25,26)27/h5-7,9-10,12,21,35H,3-4,8,11,13H2,1-2H3. The number of halogens is 4. The fraction of sp³-hybridized carbons (Fsp3) is 0.391. The summed E-state index contributed by atoms with van der Waals surface area (Å²) in [5.74, 6) is -0.525. The van der Waals surface area contributed by atoms with Crippen LogP contribution < -0.4 is 4.90 Å². The molecule has 0 spiro atoms. The zero-order valence-corrected chi connectivity index (χ0v) is 20.7. The maximum Gasteiger partial charge on any atom is 0.421 e. The largest absolute Gasteiger partial charge is 0.433 e. The van der Waals surface area contributed by atoms with Crippen molar-refractivity contribution in [2.24, 2.45) is 0 Å². The number of carbonyl (C=O) groups excluding carboxylic acids is 2. The number of aliphatic hydroxyl groups is 1. The number of aliphatic hydroxyl groups excluding tert-OH is 1. The lowest BCUT2D eigenvalue weighted by Crippen LogP contribution is -2.56. The van der Waals surface area contributed by atoms with Crippen LogP contribution in [0.4, 0.5) is 23.8 Å². The van der Waals surface area contributed by atoms with Gasteiger partial charge in [0.05, 0.1) is 23.9 Å². The summed E-state index contributed by atoms with van der Waals surface area (Å²) in [5.41, 5.74) is -0.221. The van der Waals surface area contributed by atoms with Gasteiger partial charge in [0, 0.05) is 19.3 Å². The van der Waals surface area contributed by atoms with Gasteiger partial charge in [-0.05, 0) is 31.0 Å². The van der Waals surface area contributed by atoms with Crippen LogP contribution in [0.2, 0.25) is 0 Å². The SMILES string of the molecule is CCCN1C(=O)c2c(nc(-c3cnn(Cc4cccc(C(F)(F)F)c4)c3)n2C(=O)OCCl)N(CC)C1O. The Bertz CT molecular complexity index is 1310. The molecule has 1 N–H and O–H groups in total. The molecule has 3 heterocycles. The first-order valence-electron chi connectivity index (χ1n) is 11.4. The van der Waals surface area contributed by atoms with E-state index in [0.29, 0.717) is 17.5 Å². The van der Waals surface area contributed by atoms with Gasteiger partial charge in [-0.1, -0.05) is 30.7 Å². The minimum Gasteiger partial charge on any atom is -0.433 e. The number of nitrogens with zero attached hydrogens (tertiary/aromatic N) is 6. The van der Waals surface area contributed by atoms with Gasteiger partial charge in [0.15, 0.2) is 23.4 Å². The van der Waals surface area contributed by atoms with Crippen molar-refractivity contribution >= 4 is 29.4 Å². The highest BCUT2D eigenvalue weighted by Crippen LogP contribution is 2.35. The predicted molar refractivity (Wildman–Crippen MR) is 127 cm³/mol. The zero-order valence-electron chi connectivity index (χ0n) is 19.9. The molecule has 4 rings (SSSR count). The van der Waals surface area contributed by atoms with Crippen LogP contribution in [0.1, 0.15) is 41.9 Å². The van der Waals surface area contributed by atoms with Gasteiger partial charge in [0.2, 0.25) is 6.35 Å². The molecular weight excluding hydrogens is 517 g/mol. The lowest BCUT2D eigenvalue weighted by Gasteiger charge is -2.39. The maximum absolute atomic E-state index is 13.3. The second-order valence-corrected chi connectivity index (χ2v) is 8.44. The predicted octanol–water partition coefficient (Wildman–Crippen LogP) is 3.96. The molecule has 0 bridgehead atoms. The maximum atomic E-state index is 13.3. The van der Waals surface area contributed by atoms with Crippen molar-refractivity contribution in [2.75, 3.05) is 24.1 Å². The molecule has 37 heavy (non-hydrogen) atoms. The van der Waals surface area contributed by atoms with Crippen molar-refractivity contribution in [1.82, 2.24) is 24.2 Å². The Balaban J connectivity index is 1.77. The van der Waals surface area contributed by atoms with Gasteiger partial charge in [-0.15, -0.1) is 0 Å². The highest BCUT2D eigenvalue weighted by Gasteiger charge is 2.42. The Labute approximate surface area is 214 Å². The van der Waals surface area contributed by atoms with E-state index >= 15 is 0 Å². The van der Waals surface area contributed by atoms with Crippen LogP contribution in [0.3, 0.4) is 0 Å². The van der Waals surface area contributed by atoms with Crippen LogP contribution in [-0.2, 0) is 17.5 Å². The van der Waals surface area contributed by atoms with Crippen LogP contribution in [0.5, 0.6) is 0 Å². The van der Waals surface area contributed by atoms with Crippen molar-refractivity contribution in [1.29, 1.82) is 0 Å². The van der Waals surface area contributed by atoms with Crippen molar-refractivity contribution < 1.29 is 32.6 Å². The average Bonchev–Trinajstić information content (AvgIpc) is 3.47. The van der Waals surface area contributed by atoms with Crippen LogP contribution in [0.15, 0.2) is 36.7 Å². The molecular formula is C23H24ClF3N6O4. The first-order valence-corrected chi connectivity index (χ1v) is 11.9. The number of benzene rings is 1. The average molecular weight is 541 g/mol. The van der Waals surface area contributed by atoms with E-state index < -0.39 is 36.2 Å². The Morgan fingerprint density at radius 2 is 2.00 bits per heavy atom. The van der Waals surface area contributed by atoms with Gasteiger partial charge < -0.3 is 14.7 Å². The molecule has 1 aromatic carbocycles. The molecule has 1 aliphatic rings. The molecule has 0 radical (unpaired) electrons. The Kier molecular flexibility index (Phi) is 7.46. The number of hydrogen-bond donors (Lipinski definition) is 1. The molecule has 1 atom stereocenters. The molecule has 3 aromatic rings. The minimum absolute atomic E-state index is 0.00718. The fourth-order valence-corrected chi connectivity index (χ4v) is 4.26. The van der Waals surface area contributed by atoms with Crippen LogP contribution >= 0.6 is 11.6 Å². The first kappa shape index (κ1) is 26.5. The summed E-state index contributed by atoms with van der Waals surface area (Å²) in [4.78, 5) is 33.4. The summed E-state index contributed by atoms with van der Waals surface area (Å²) in [5, 5.41) is 15.0. The quantitative estimate of drug-likeness (QED) is 0.452. The molecule has 198 valence electrons. The summed E-state index contributed by atoms with van der Waals surface area (Å²) in [7, 11) is 0. The van der Waals surface area contributed by atoms with E-state index in [4.69, 9.17) is 16.3 Å². The summed E-state index contributed by atoms with van der Waals surface area (Å²) in [6, 6.07) is 4.38. The van der Waals surface area contributed by atoms with E-state index in [1.807, 2.05) is 6.92 Å². The molecule has 2 aromatic heterocycles. The summed E-state index contributed by atoms with van der Waals surface area (Å²) in [6.45, 7) is 4.12. The number of fused-ring (bicyclic) bond motifs is 1. The topological polar surface area (TPSA) is 106 Å². The Morgan fingerprint density at radius 1 is 1.24 bits per heavy atom. The minimum atomic E-state index is -4.48. The molecule has 10 nitrogen and oxygen atoms in total. The monoisotopic (exact) mass is 540 g/mol. The number of hydrogen-bond acceptors (Lipinski definition) is 7. The number of aromatic nitrogens is 4. The number of anilines is 1. The van der Waals surface area contributed by atoms with E-state index in [2.05, 4.69) is 10.1 Å². The normalized spacial score (nSPS) is 15.8. The fourth-order valence-electron chi connectivity index (χ4n) is 4.17. The van der Waals surface area contributed by atoms with E-state index in [9.17, 15) is 27.9 Å². The zero-order chi connectivity index (χ0) is 26.9. The molecule has 0 saturated heterocycles. The molecule has 1 unspecified atom stereocenters. The van der Waals surface area contributed by atoms with Crippen molar-refractivity contribution in [3.63, 3.8) is 0 Å². The number of ether oxygens (including phenoxy) is 1. The molecule has 0 fully saturated rings. The van der Waals surface area contributed by atoms with Crippen molar-refractivity contribution in [2.45, 2.75) is 39.3 Å². The third kappa shape index (κ3) is 5.01. The third-order valence-electron chi connectivity index (χ3n) is 5.81. The summed E-state index contributed by atoms with van der Waals surface area (Å²) >= 11 is 5.61. The summed E-state index contributed by atoms with van der Waals surface area (Å²) < 4.78 is 46.6. The molecule has 1 amide bonds. The van der Waals surface area contributed by atoms with Crippen molar-refractivity contribution in [3.05, 3.63) is 53.5 Å². The van der Waals surface area contributed by atoms with E-state index in [0.717, 1.165) is 16.7 Å². The van der Waals surface area contributed by atoms with Gasteiger partial charge in [-0.3, -0.25) is 14.4 Å². The van der Waals surface area contributed by atoms with Crippen molar-refractivity contribution in [3.8, 4) is 11.4 Å². The lowest BCUT2D eigenvalue weighted by atomic mass is 10.1. The number of rotatable bonds is 7. The van der Waals surface area contributed by atoms with Gasteiger partial charge in [-0.2, -0.15) is 18.3 Å². The first-order chi connectivity index (χ1) is 17.6. The molecule has 0 saturated carbocycles. The second-order valence-electron chi connectivity index (χ2n) is 8.22. The number of alkyl halides is 4. The number of amides is 1. The third-order valence-corrected chi connectivity index (χ3v) is 5.92. The van der Waals surface area contributed by atoms with Crippen LogP contribution in [0, 0.1) is 0 Å². The number of carbonyl (C=O) groups is 2. The molecule has 0 aliphatic carbocycles. The highest BCUT2D eigenvalue weighted by atomic mass is 35.5. The van der Waals surface area contributed by atoms with Crippen LogP contribution in [0.25, 0.3) is 11.4 Å². The highest BCUT2D eigenvalue weighted by molar-refractivity contribution is 6.17. The second kappa shape index (κ2) is 10.4. The van der Waals surface area contributed by atoms with E-state index in [1.165, 1.54) is 39.0 Å². The van der Waals surface area contributed by atoms with E-state index in [1.54, 1.807) is 6.92 Å². The summed E-state index contributed by atoms with van der Waals surface area (Å²) in [6.07, 6.45) is -3.31. The van der Waals surface area contributed by atoms with Gasteiger partial charge in [0.25, 0.3) is 5.91 Å². The van der Waals surface area contributed by atoms with E-state index in [-0.39, 0.29) is 37.0 Å². The lowest BCUT2D eigenvalue weighted by molar-refractivity contribution is -0.137. The Morgan fingerprint density at radius 3 is 2.65 bits per heavy atom. The van der Waals surface area contributed by atoms with Gasteiger partial charge >= 0.3 is 12.3 Å². The smallest absolute Gasteiger partial charge is 0.421 e.